The summed E-state index contributed by atoms with van der Waals surface area (Å²) in [5.74, 6) is 0.0686. The first kappa shape index (κ1) is 16.2. The van der Waals surface area contributed by atoms with Gasteiger partial charge in [0.1, 0.15) is 11.8 Å². The van der Waals surface area contributed by atoms with E-state index in [0.717, 1.165) is 16.5 Å². The number of hydrogen-bond donors (Lipinski definition) is 2. The summed E-state index contributed by atoms with van der Waals surface area (Å²) in [6.45, 7) is 0. The van der Waals surface area contributed by atoms with Gasteiger partial charge in [-0.3, -0.25) is 4.79 Å². The van der Waals surface area contributed by atoms with Crippen molar-refractivity contribution in [3.8, 4) is 11.6 Å². The van der Waals surface area contributed by atoms with Gasteiger partial charge in [-0.15, -0.1) is 0 Å². The summed E-state index contributed by atoms with van der Waals surface area (Å²) in [5, 5.41) is 10.4. The minimum Gasteiger partial charge on any atom is -0.480 e. The first-order valence-corrected chi connectivity index (χ1v) is 7.70. The Morgan fingerprint density at radius 1 is 1.17 bits per heavy atom. The van der Waals surface area contributed by atoms with E-state index in [-0.39, 0.29) is 6.42 Å². The van der Waals surface area contributed by atoms with E-state index >= 15 is 0 Å². The SMILES string of the molecule is NC(Cc1ccc(Oc2ccc3cc(Cl)ccc3n2)cc1)C(=O)O. The van der Waals surface area contributed by atoms with Crippen molar-refractivity contribution >= 4 is 28.5 Å². The molecule has 5 nitrogen and oxygen atoms in total. The van der Waals surface area contributed by atoms with Gasteiger partial charge in [-0.05, 0) is 48.4 Å². The largest absolute Gasteiger partial charge is 0.480 e. The Labute approximate surface area is 143 Å². The Morgan fingerprint density at radius 2 is 1.92 bits per heavy atom. The zero-order valence-electron chi connectivity index (χ0n) is 12.6. The van der Waals surface area contributed by atoms with Crippen LogP contribution in [0.1, 0.15) is 5.56 Å². The number of fused-ring (bicyclic) bond motifs is 1. The van der Waals surface area contributed by atoms with Crippen molar-refractivity contribution in [3.63, 3.8) is 0 Å². The maximum absolute atomic E-state index is 10.8. The second-order valence-electron chi connectivity index (χ2n) is 5.38. The van der Waals surface area contributed by atoms with Crippen molar-refractivity contribution in [1.82, 2.24) is 4.98 Å². The van der Waals surface area contributed by atoms with Crippen LogP contribution in [0.15, 0.2) is 54.6 Å². The number of carbonyl (C=O) groups is 1. The van der Waals surface area contributed by atoms with Crippen molar-refractivity contribution in [1.29, 1.82) is 0 Å². The highest BCUT2D eigenvalue weighted by Gasteiger charge is 2.12. The van der Waals surface area contributed by atoms with E-state index in [1.165, 1.54) is 0 Å². The van der Waals surface area contributed by atoms with Crippen LogP contribution in [0.3, 0.4) is 0 Å². The van der Waals surface area contributed by atoms with Crippen molar-refractivity contribution in [3.05, 3.63) is 65.2 Å². The van der Waals surface area contributed by atoms with Crippen molar-refractivity contribution in [2.75, 3.05) is 0 Å². The quantitative estimate of drug-likeness (QED) is 0.739. The van der Waals surface area contributed by atoms with E-state index in [2.05, 4.69) is 4.98 Å². The molecular weight excluding hydrogens is 328 g/mol. The molecule has 122 valence electrons. The molecule has 0 aliphatic heterocycles. The maximum Gasteiger partial charge on any atom is 0.320 e. The predicted molar refractivity (Wildman–Crippen MR) is 92.6 cm³/mol. The Morgan fingerprint density at radius 3 is 2.62 bits per heavy atom. The van der Waals surface area contributed by atoms with Gasteiger partial charge in [0.2, 0.25) is 5.88 Å². The van der Waals surface area contributed by atoms with Crippen LogP contribution in [0.25, 0.3) is 10.9 Å². The summed E-state index contributed by atoms with van der Waals surface area (Å²) >= 11 is 5.95. The lowest BCUT2D eigenvalue weighted by atomic mass is 10.1. The highest BCUT2D eigenvalue weighted by atomic mass is 35.5. The molecular formula is C18H15ClN2O3. The number of ether oxygens (including phenoxy) is 1. The Bertz CT molecular complexity index is 881. The molecule has 2 aromatic carbocycles. The van der Waals surface area contributed by atoms with Gasteiger partial charge >= 0.3 is 5.97 Å². The molecule has 0 fully saturated rings. The molecule has 1 atom stereocenters. The van der Waals surface area contributed by atoms with Crippen LogP contribution in [0.5, 0.6) is 11.6 Å². The van der Waals surface area contributed by atoms with Gasteiger partial charge in [0, 0.05) is 16.5 Å². The van der Waals surface area contributed by atoms with Crippen LogP contribution in [0.2, 0.25) is 5.02 Å². The van der Waals surface area contributed by atoms with Gasteiger partial charge in [0.25, 0.3) is 0 Å². The standard InChI is InChI=1S/C18H15ClN2O3/c19-13-4-7-16-12(10-13)3-8-17(21-16)24-14-5-1-11(2-6-14)9-15(20)18(22)23/h1-8,10,15H,9,20H2,(H,22,23). The highest BCUT2D eigenvalue weighted by molar-refractivity contribution is 6.31. The predicted octanol–water partition coefficient (Wildman–Crippen LogP) is 3.63. The van der Waals surface area contributed by atoms with Crippen molar-refractivity contribution in [2.24, 2.45) is 5.73 Å². The number of carboxylic acid groups (broad SMARTS) is 1. The maximum atomic E-state index is 10.8. The average Bonchev–Trinajstić information content (AvgIpc) is 2.56. The number of hydrogen-bond acceptors (Lipinski definition) is 4. The van der Waals surface area contributed by atoms with E-state index in [9.17, 15) is 4.79 Å². The Hall–Kier alpha value is -2.63. The van der Waals surface area contributed by atoms with E-state index in [1.807, 2.05) is 18.2 Å². The van der Waals surface area contributed by atoms with E-state index in [4.69, 9.17) is 27.2 Å². The Kier molecular flexibility index (Phi) is 4.64. The third kappa shape index (κ3) is 3.82. The number of pyridine rings is 1. The van der Waals surface area contributed by atoms with Gasteiger partial charge in [0.15, 0.2) is 0 Å². The topological polar surface area (TPSA) is 85.4 Å². The number of nitrogens with two attached hydrogens (primary N) is 1. The molecule has 0 aliphatic carbocycles. The first-order valence-electron chi connectivity index (χ1n) is 7.33. The summed E-state index contributed by atoms with van der Waals surface area (Å²) in [6.07, 6.45) is 0.268. The fourth-order valence-corrected chi connectivity index (χ4v) is 2.47. The molecule has 3 rings (SSSR count). The van der Waals surface area contributed by atoms with Crippen molar-refractivity contribution in [2.45, 2.75) is 12.5 Å². The van der Waals surface area contributed by atoms with Gasteiger partial charge < -0.3 is 15.6 Å². The highest BCUT2D eigenvalue weighted by Crippen LogP contribution is 2.24. The van der Waals surface area contributed by atoms with Crippen LogP contribution in [0.4, 0.5) is 0 Å². The number of aliphatic carboxylic acids is 1. The fourth-order valence-electron chi connectivity index (χ4n) is 2.29. The smallest absolute Gasteiger partial charge is 0.320 e. The molecule has 0 aliphatic rings. The normalized spacial score (nSPS) is 12.1. The molecule has 0 amide bonds. The summed E-state index contributed by atoms with van der Waals surface area (Å²) in [6, 6.07) is 15.3. The lowest BCUT2D eigenvalue weighted by molar-refractivity contribution is -0.138. The second kappa shape index (κ2) is 6.86. The number of halogens is 1. The molecule has 3 aromatic rings. The fraction of sp³-hybridized carbons (Fsp3) is 0.111. The summed E-state index contributed by atoms with van der Waals surface area (Å²) in [5.41, 5.74) is 7.15. The summed E-state index contributed by atoms with van der Waals surface area (Å²) in [4.78, 5) is 15.2. The number of aromatic nitrogens is 1. The molecule has 1 unspecified atom stereocenters. The summed E-state index contributed by atoms with van der Waals surface area (Å²) < 4.78 is 5.73. The lowest BCUT2D eigenvalue weighted by Gasteiger charge is -2.09. The monoisotopic (exact) mass is 342 g/mol. The second-order valence-corrected chi connectivity index (χ2v) is 5.82. The van der Waals surface area contributed by atoms with Crippen LogP contribution < -0.4 is 10.5 Å². The number of rotatable bonds is 5. The molecule has 0 radical (unpaired) electrons. The van der Waals surface area contributed by atoms with Crippen LogP contribution >= 0.6 is 11.6 Å². The molecule has 0 saturated heterocycles. The molecule has 0 bridgehead atoms. The van der Waals surface area contributed by atoms with Crippen LogP contribution in [0, 0.1) is 0 Å². The minimum absolute atomic E-state index is 0.268. The zero-order valence-corrected chi connectivity index (χ0v) is 13.4. The first-order chi connectivity index (χ1) is 11.5. The number of benzene rings is 2. The Balaban J connectivity index is 1.74. The van der Waals surface area contributed by atoms with Gasteiger partial charge in [-0.25, -0.2) is 4.98 Å². The third-order valence-corrected chi connectivity index (χ3v) is 3.78. The number of nitrogens with zero attached hydrogens (tertiary/aromatic N) is 1. The summed E-state index contributed by atoms with van der Waals surface area (Å²) in [7, 11) is 0. The molecule has 24 heavy (non-hydrogen) atoms. The molecule has 0 saturated carbocycles. The van der Waals surface area contributed by atoms with Crippen molar-refractivity contribution < 1.29 is 14.6 Å². The van der Waals surface area contributed by atoms with Gasteiger partial charge in [0.05, 0.1) is 5.52 Å². The van der Waals surface area contributed by atoms with E-state index in [0.29, 0.717) is 16.7 Å². The average molecular weight is 343 g/mol. The van der Waals surface area contributed by atoms with Gasteiger partial charge in [-0.2, -0.15) is 0 Å². The number of carboxylic acids is 1. The van der Waals surface area contributed by atoms with Crippen LogP contribution in [-0.2, 0) is 11.2 Å². The molecule has 3 N–H and O–H groups in total. The zero-order chi connectivity index (χ0) is 17.1. The molecule has 6 heteroatoms. The van der Waals surface area contributed by atoms with E-state index < -0.39 is 12.0 Å². The molecule has 0 spiro atoms. The molecule has 1 aromatic heterocycles. The third-order valence-electron chi connectivity index (χ3n) is 3.54. The van der Waals surface area contributed by atoms with Gasteiger partial charge in [-0.1, -0.05) is 23.7 Å². The van der Waals surface area contributed by atoms with E-state index in [1.54, 1.807) is 36.4 Å². The van der Waals surface area contributed by atoms with Crippen LogP contribution in [-0.4, -0.2) is 22.1 Å². The minimum atomic E-state index is -1.02. The lowest BCUT2D eigenvalue weighted by Crippen LogP contribution is -2.32. The molecule has 1 heterocycles.